The normalized spacial score (nSPS) is 10.1. The molecule has 0 saturated carbocycles. The van der Waals surface area contributed by atoms with Crippen molar-refractivity contribution in [2.24, 2.45) is 5.73 Å². The van der Waals surface area contributed by atoms with E-state index in [4.69, 9.17) is 5.73 Å². The summed E-state index contributed by atoms with van der Waals surface area (Å²) in [6, 6.07) is 0. The zero-order chi connectivity index (χ0) is 10.2. The van der Waals surface area contributed by atoms with E-state index in [9.17, 15) is 0 Å². The average Bonchev–Trinajstić information content (AvgIpc) is 2.21. The first-order valence-electron chi connectivity index (χ1n) is 4.74. The molecule has 3 N–H and O–H groups in total. The zero-order valence-electron chi connectivity index (χ0n) is 8.04. The Morgan fingerprint density at radius 2 is 1.93 bits per heavy atom. The largest absolute Gasteiger partial charge is 0.354 e. The van der Waals surface area contributed by atoms with Gasteiger partial charge in [0.25, 0.3) is 0 Å². The molecule has 0 bridgehead atoms. The molecule has 78 valence electrons. The van der Waals surface area contributed by atoms with E-state index < -0.39 is 0 Å². The van der Waals surface area contributed by atoms with Crippen LogP contribution in [0.5, 0.6) is 0 Å². The number of hydrogen-bond acceptors (Lipinski definition) is 4. The van der Waals surface area contributed by atoms with Crippen molar-refractivity contribution in [2.75, 3.05) is 18.4 Å². The lowest BCUT2D eigenvalue weighted by Gasteiger charge is -2.03. The summed E-state index contributed by atoms with van der Waals surface area (Å²) in [4.78, 5) is 8.20. The summed E-state index contributed by atoms with van der Waals surface area (Å²) in [5.74, 6) is 0.681. The van der Waals surface area contributed by atoms with Crippen LogP contribution in [0.1, 0.15) is 19.3 Å². The Labute approximate surface area is 92.5 Å². The minimum Gasteiger partial charge on any atom is -0.354 e. The topological polar surface area (TPSA) is 63.8 Å². The minimum absolute atomic E-state index is 0.681. The number of unbranched alkanes of at least 4 members (excludes halogenated alkanes) is 2. The van der Waals surface area contributed by atoms with E-state index in [0.717, 1.165) is 36.8 Å². The molecule has 0 fully saturated rings. The lowest BCUT2D eigenvalue weighted by molar-refractivity contribution is 0.705. The molecular formula is C9H15BrN4. The highest BCUT2D eigenvalue weighted by Crippen LogP contribution is 2.06. The number of nitrogens with one attached hydrogen (secondary N) is 1. The van der Waals surface area contributed by atoms with Crippen molar-refractivity contribution in [3.63, 3.8) is 0 Å². The van der Waals surface area contributed by atoms with Crippen molar-refractivity contribution < 1.29 is 0 Å². The molecule has 1 aromatic heterocycles. The van der Waals surface area contributed by atoms with E-state index >= 15 is 0 Å². The molecule has 0 saturated heterocycles. The Morgan fingerprint density at radius 3 is 2.57 bits per heavy atom. The second-order valence-electron chi connectivity index (χ2n) is 3.00. The Hall–Kier alpha value is -0.680. The molecule has 0 unspecified atom stereocenters. The number of nitrogens with zero attached hydrogens (tertiary/aromatic N) is 2. The fourth-order valence-corrected chi connectivity index (χ4v) is 1.25. The van der Waals surface area contributed by atoms with Gasteiger partial charge in [0, 0.05) is 18.9 Å². The summed E-state index contributed by atoms with van der Waals surface area (Å²) < 4.78 is 0.895. The van der Waals surface area contributed by atoms with E-state index in [1.807, 2.05) is 0 Å². The number of halogens is 1. The highest BCUT2D eigenvalue weighted by Gasteiger charge is 1.94. The van der Waals surface area contributed by atoms with Gasteiger partial charge >= 0.3 is 0 Å². The monoisotopic (exact) mass is 258 g/mol. The van der Waals surface area contributed by atoms with Crippen LogP contribution in [0.25, 0.3) is 0 Å². The molecule has 1 heterocycles. The van der Waals surface area contributed by atoms with Crippen LogP contribution in [0.3, 0.4) is 0 Å². The molecule has 0 aliphatic carbocycles. The van der Waals surface area contributed by atoms with Gasteiger partial charge in [0.05, 0.1) is 4.47 Å². The third-order valence-corrected chi connectivity index (χ3v) is 2.19. The van der Waals surface area contributed by atoms with Crippen LogP contribution in [0, 0.1) is 0 Å². The molecule has 14 heavy (non-hydrogen) atoms. The molecule has 0 aromatic carbocycles. The Balaban J connectivity index is 2.15. The average molecular weight is 259 g/mol. The van der Waals surface area contributed by atoms with Gasteiger partial charge in [-0.25, -0.2) is 9.97 Å². The first-order chi connectivity index (χ1) is 6.83. The van der Waals surface area contributed by atoms with Crippen molar-refractivity contribution >= 4 is 21.9 Å². The number of anilines is 1. The summed E-state index contributed by atoms with van der Waals surface area (Å²) in [6.07, 6.45) is 6.81. The van der Waals surface area contributed by atoms with E-state index in [-0.39, 0.29) is 0 Å². The van der Waals surface area contributed by atoms with Crippen LogP contribution < -0.4 is 11.1 Å². The molecule has 0 radical (unpaired) electrons. The van der Waals surface area contributed by atoms with Crippen molar-refractivity contribution in [3.05, 3.63) is 16.9 Å². The second-order valence-corrected chi connectivity index (χ2v) is 3.92. The van der Waals surface area contributed by atoms with E-state index in [2.05, 4.69) is 31.2 Å². The van der Waals surface area contributed by atoms with Gasteiger partial charge in [-0.05, 0) is 35.3 Å². The van der Waals surface area contributed by atoms with Crippen LogP contribution >= 0.6 is 15.9 Å². The molecular weight excluding hydrogens is 244 g/mol. The van der Waals surface area contributed by atoms with Crippen LogP contribution in [-0.4, -0.2) is 23.1 Å². The number of hydrogen-bond donors (Lipinski definition) is 2. The SMILES string of the molecule is NCCCCCNc1ncc(Br)cn1. The first kappa shape index (κ1) is 11.4. The molecule has 1 aromatic rings. The molecule has 0 aliphatic rings. The number of aromatic nitrogens is 2. The molecule has 0 aliphatic heterocycles. The fourth-order valence-electron chi connectivity index (χ4n) is 1.05. The number of nitrogens with two attached hydrogens (primary N) is 1. The van der Waals surface area contributed by atoms with Crippen molar-refractivity contribution in [2.45, 2.75) is 19.3 Å². The minimum atomic E-state index is 0.681. The van der Waals surface area contributed by atoms with Gasteiger partial charge in [-0.15, -0.1) is 0 Å². The Morgan fingerprint density at radius 1 is 1.21 bits per heavy atom. The van der Waals surface area contributed by atoms with Gasteiger partial charge in [0.1, 0.15) is 0 Å². The van der Waals surface area contributed by atoms with Crippen LogP contribution in [0.4, 0.5) is 5.95 Å². The first-order valence-corrected chi connectivity index (χ1v) is 5.53. The Bertz CT molecular complexity index is 249. The highest BCUT2D eigenvalue weighted by molar-refractivity contribution is 9.10. The van der Waals surface area contributed by atoms with Crippen molar-refractivity contribution in [1.82, 2.24) is 9.97 Å². The van der Waals surface area contributed by atoms with Crippen LogP contribution in [0.2, 0.25) is 0 Å². The molecule has 5 heteroatoms. The maximum absolute atomic E-state index is 5.39. The van der Waals surface area contributed by atoms with Gasteiger partial charge in [-0.3, -0.25) is 0 Å². The summed E-state index contributed by atoms with van der Waals surface area (Å²) in [6.45, 7) is 1.68. The van der Waals surface area contributed by atoms with E-state index in [1.54, 1.807) is 12.4 Å². The van der Waals surface area contributed by atoms with E-state index in [0.29, 0.717) is 5.95 Å². The van der Waals surface area contributed by atoms with E-state index in [1.165, 1.54) is 0 Å². The third-order valence-electron chi connectivity index (χ3n) is 1.78. The molecule has 4 nitrogen and oxygen atoms in total. The van der Waals surface area contributed by atoms with Crippen LogP contribution in [-0.2, 0) is 0 Å². The predicted molar refractivity (Wildman–Crippen MR) is 61.1 cm³/mol. The molecule has 0 spiro atoms. The molecule has 0 amide bonds. The summed E-state index contributed by atoms with van der Waals surface area (Å²) in [7, 11) is 0. The van der Waals surface area contributed by atoms with Gasteiger partial charge in [0.15, 0.2) is 0 Å². The van der Waals surface area contributed by atoms with Gasteiger partial charge < -0.3 is 11.1 Å². The maximum Gasteiger partial charge on any atom is 0.222 e. The summed E-state index contributed by atoms with van der Waals surface area (Å²) >= 11 is 3.28. The number of rotatable bonds is 6. The molecule has 0 atom stereocenters. The van der Waals surface area contributed by atoms with Crippen molar-refractivity contribution in [1.29, 1.82) is 0 Å². The second kappa shape index (κ2) is 6.73. The fraction of sp³-hybridized carbons (Fsp3) is 0.556. The smallest absolute Gasteiger partial charge is 0.222 e. The van der Waals surface area contributed by atoms with Crippen molar-refractivity contribution in [3.8, 4) is 0 Å². The Kier molecular flexibility index (Phi) is 5.47. The van der Waals surface area contributed by atoms with Gasteiger partial charge in [-0.1, -0.05) is 6.42 Å². The third kappa shape index (κ3) is 4.53. The standard InChI is InChI=1S/C9H15BrN4/c10-8-6-13-9(14-7-8)12-5-3-1-2-4-11/h6-7H,1-5,11H2,(H,12,13,14). The summed E-state index contributed by atoms with van der Waals surface area (Å²) in [5, 5.41) is 3.15. The quantitative estimate of drug-likeness (QED) is 0.764. The highest BCUT2D eigenvalue weighted by atomic mass is 79.9. The van der Waals surface area contributed by atoms with Gasteiger partial charge in [-0.2, -0.15) is 0 Å². The zero-order valence-corrected chi connectivity index (χ0v) is 9.63. The predicted octanol–water partition coefficient (Wildman–Crippen LogP) is 1.78. The lowest BCUT2D eigenvalue weighted by atomic mass is 10.2. The molecule has 1 rings (SSSR count). The maximum atomic E-state index is 5.39. The van der Waals surface area contributed by atoms with Gasteiger partial charge in [0.2, 0.25) is 5.95 Å². The summed E-state index contributed by atoms with van der Waals surface area (Å²) in [5.41, 5.74) is 5.39. The van der Waals surface area contributed by atoms with Crippen LogP contribution in [0.15, 0.2) is 16.9 Å². The lowest BCUT2D eigenvalue weighted by Crippen LogP contribution is -2.06.